The fraction of sp³-hybridized carbons (Fsp3) is 0.520. The van der Waals surface area contributed by atoms with Gasteiger partial charge in [0.15, 0.2) is 5.65 Å². The summed E-state index contributed by atoms with van der Waals surface area (Å²) in [5, 5.41) is 0.550. The first kappa shape index (κ1) is 24.9. The fourth-order valence-corrected chi connectivity index (χ4v) is 6.01. The Morgan fingerprint density at radius 2 is 1.82 bits per heavy atom. The molecule has 9 heteroatoms. The molecule has 0 amide bonds. The summed E-state index contributed by atoms with van der Waals surface area (Å²) in [4.78, 5) is 12.3. The van der Waals surface area contributed by atoms with Crippen molar-refractivity contribution in [2.75, 3.05) is 12.9 Å². The first-order chi connectivity index (χ1) is 16.2. The van der Waals surface area contributed by atoms with Crippen molar-refractivity contribution < 1.29 is 13.7 Å². The summed E-state index contributed by atoms with van der Waals surface area (Å²) >= 11 is 6.57. The van der Waals surface area contributed by atoms with E-state index in [0.29, 0.717) is 40.4 Å². The Kier molecular flexibility index (Phi) is 7.50. The molecule has 1 aromatic carbocycles. The Hall–Kier alpha value is -2.16. The van der Waals surface area contributed by atoms with Gasteiger partial charge in [0, 0.05) is 33.4 Å². The molecule has 1 aliphatic carbocycles. The quantitative estimate of drug-likeness (QED) is 0.381. The maximum atomic E-state index is 12.0. The molecule has 34 heavy (non-hydrogen) atoms. The number of hydrogen-bond acceptors (Lipinski definition) is 6. The number of aromatic nitrogens is 3. The Labute approximate surface area is 206 Å². The number of pyridine rings is 1. The van der Waals surface area contributed by atoms with Crippen molar-refractivity contribution in [2.24, 2.45) is 0 Å². The van der Waals surface area contributed by atoms with Gasteiger partial charge in [-0.15, -0.1) is 0 Å². The lowest BCUT2D eigenvalue weighted by Gasteiger charge is -2.28. The van der Waals surface area contributed by atoms with Gasteiger partial charge in [0.05, 0.1) is 16.8 Å². The molecule has 3 atom stereocenters. The summed E-state index contributed by atoms with van der Waals surface area (Å²) in [6.07, 6.45) is 4.98. The van der Waals surface area contributed by atoms with Gasteiger partial charge in [-0.25, -0.2) is 9.19 Å². The number of ether oxygens (including phenoxy) is 2. The number of nitrogens with zero attached hydrogens (tertiary/aromatic N) is 2. The average Bonchev–Trinajstić information content (AvgIpc) is 3.19. The minimum atomic E-state index is -2.46. The maximum Gasteiger partial charge on any atom is 0.296 e. The van der Waals surface area contributed by atoms with Gasteiger partial charge < -0.3 is 9.47 Å². The van der Waals surface area contributed by atoms with Crippen LogP contribution in [0.25, 0.3) is 22.4 Å². The van der Waals surface area contributed by atoms with E-state index in [9.17, 15) is 4.21 Å². The number of fused-ring (bicyclic) bond motifs is 1. The molecule has 2 heterocycles. The van der Waals surface area contributed by atoms with E-state index in [1.54, 1.807) is 12.3 Å². The Morgan fingerprint density at radius 3 is 2.44 bits per heavy atom. The van der Waals surface area contributed by atoms with Crippen LogP contribution in [0, 0.1) is 4.78 Å². The molecule has 184 valence electrons. The molecule has 2 N–H and O–H groups in total. The van der Waals surface area contributed by atoms with Crippen LogP contribution in [0.1, 0.15) is 57.9 Å². The molecule has 2 aromatic heterocycles. The monoisotopic (exact) mass is 504 g/mol. The van der Waals surface area contributed by atoms with E-state index < -0.39 is 9.73 Å². The molecule has 1 aliphatic rings. The van der Waals surface area contributed by atoms with Crippen molar-refractivity contribution in [1.29, 1.82) is 4.78 Å². The zero-order chi connectivity index (χ0) is 24.5. The fourth-order valence-electron chi connectivity index (χ4n) is 4.58. The van der Waals surface area contributed by atoms with Gasteiger partial charge >= 0.3 is 0 Å². The smallest absolute Gasteiger partial charge is 0.296 e. The van der Waals surface area contributed by atoms with Crippen LogP contribution in [0.2, 0.25) is 5.02 Å². The molecule has 0 aliphatic heterocycles. The van der Waals surface area contributed by atoms with E-state index in [1.807, 2.05) is 20.8 Å². The van der Waals surface area contributed by atoms with E-state index in [0.717, 1.165) is 31.2 Å². The summed E-state index contributed by atoms with van der Waals surface area (Å²) in [7, 11) is -2.46. The number of halogens is 1. The van der Waals surface area contributed by atoms with Crippen molar-refractivity contribution in [1.82, 2.24) is 15.0 Å². The third-order valence-electron chi connectivity index (χ3n) is 6.76. The third kappa shape index (κ3) is 5.56. The van der Waals surface area contributed by atoms with Crippen LogP contribution in [-0.2, 0) is 14.5 Å². The summed E-state index contributed by atoms with van der Waals surface area (Å²) in [6, 6.07) is 10.6. The van der Waals surface area contributed by atoms with Crippen molar-refractivity contribution in [2.45, 2.75) is 69.8 Å². The van der Waals surface area contributed by atoms with Gasteiger partial charge in [-0.2, -0.15) is 4.98 Å². The van der Waals surface area contributed by atoms with Crippen molar-refractivity contribution >= 4 is 32.5 Å². The number of benzene rings is 1. The number of imidazole rings is 1. The number of aromatic amines is 1. The zero-order valence-corrected chi connectivity index (χ0v) is 21.7. The number of nitrogens with one attached hydrogen (secondary N) is 2. The number of hydrogen-bond donors (Lipinski definition) is 2. The van der Waals surface area contributed by atoms with Gasteiger partial charge in [-0.05, 0) is 64.0 Å². The molecule has 4 rings (SSSR count). The van der Waals surface area contributed by atoms with E-state index in [-0.39, 0.29) is 17.5 Å². The summed E-state index contributed by atoms with van der Waals surface area (Å²) in [6.45, 7) is 6.50. The predicted molar refractivity (Wildman–Crippen MR) is 137 cm³/mol. The molecule has 7 nitrogen and oxygen atoms in total. The summed E-state index contributed by atoms with van der Waals surface area (Å²) in [5.41, 5.74) is 4.15. The molecule has 1 unspecified atom stereocenters. The Morgan fingerprint density at radius 1 is 1.15 bits per heavy atom. The largest absolute Gasteiger partial charge is 0.459 e. The lowest BCUT2D eigenvalue weighted by atomic mass is 9.83. The number of H-pyrrole nitrogens is 1. The van der Waals surface area contributed by atoms with Gasteiger partial charge in [0.2, 0.25) is 0 Å². The van der Waals surface area contributed by atoms with Gasteiger partial charge in [-0.1, -0.05) is 35.9 Å². The van der Waals surface area contributed by atoms with Gasteiger partial charge in [0.25, 0.3) is 6.01 Å². The van der Waals surface area contributed by atoms with Crippen molar-refractivity contribution in [3.05, 3.63) is 40.9 Å². The summed E-state index contributed by atoms with van der Waals surface area (Å²) < 4.78 is 31.4. The molecule has 1 saturated carbocycles. The highest BCUT2D eigenvalue weighted by Crippen LogP contribution is 2.37. The maximum absolute atomic E-state index is 12.0. The van der Waals surface area contributed by atoms with E-state index in [2.05, 4.69) is 34.2 Å². The first-order valence-corrected chi connectivity index (χ1v) is 14.2. The second-order valence-electron chi connectivity index (χ2n) is 9.21. The molecule has 0 spiro atoms. The third-order valence-corrected chi connectivity index (χ3v) is 8.79. The molecule has 0 radical (unpaired) electrons. The first-order valence-electron chi connectivity index (χ1n) is 11.8. The predicted octanol–water partition coefficient (Wildman–Crippen LogP) is 6.17. The lowest BCUT2D eigenvalue weighted by Crippen LogP contribution is -2.29. The van der Waals surface area contributed by atoms with Crippen LogP contribution < -0.4 is 4.74 Å². The van der Waals surface area contributed by atoms with Gasteiger partial charge in [0.1, 0.15) is 11.6 Å². The Bertz CT molecular complexity index is 1240. The number of rotatable bonds is 8. The van der Waals surface area contributed by atoms with E-state index >= 15 is 0 Å². The van der Waals surface area contributed by atoms with Crippen molar-refractivity contribution in [3.8, 4) is 17.3 Å². The van der Waals surface area contributed by atoms with E-state index in [1.165, 1.54) is 5.56 Å². The zero-order valence-electron chi connectivity index (χ0n) is 20.1. The molecular formula is C25H33ClN4O3S. The average molecular weight is 505 g/mol. The molecule has 0 saturated heterocycles. The minimum absolute atomic E-state index is 0.0198. The topological polar surface area (TPSA) is 101 Å². The molecule has 0 bridgehead atoms. The van der Waals surface area contributed by atoms with Crippen LogP contribution in [0.5, 0.6) is 6.01 Å². The SMILES string of the molecule is CCO[C@@H](C)[C@@H](C)Oc1nc2cc(Cl)c(-c3ccc([C@H]4CC[C@@H](S(C)(=N)=O)CC4)cc3)nc2[nH]1. The van der Waals surface area contributed by atoms with Crippen LogP contribution in [0.15, 0.2) is 30.3 Å². The lowest BCUT2D eigenvalue weighted by molar-refractivity contribution is -0.00421. The van der Waals surface area contributed by atoms with Crippen LogP contribution in [-0.4, -0.2) is 49.5 Å². The van der Waals surface area contributed by atoms with Crippen LogP contribution >= 0.6 is 11.6 Å². The van der Waals surface area contributed by atoms with Crippen LogP contribution in [0.4, 0.5) is 0 Å². The molecule has 1 fully saturated rings. The summed E-state index contributed by atoms with van der Waals surface area (Å²) in [5.74, 6) is 0.436. The normalized spacial score (nSPS) is 22.3. The highest BCUT2D eigenvalue weighted by Gasteiger charge is 2.26. The van der Waals surface area contributed by atoms with Crippen LogP contribution in [0.3, 0.4) is 0 Å². The highest BCUT2D eigenvalue weighted by molar-refractivity contribution is 7.92. The Balaban J connectivity index is 1.49. The van der Waals surface area contributed by atoms with Gasteiger partial charge in [-0.3, -0.25) is 9.76 Å². The van der Waals surface area contributed by atoms with Crippen molar-refractivity contribution in [3.63, 3.8) is 0 Å². The second kappa shape index (κ2) is 10.2. The minimum Gasteiger partial charge on any atom is -0.459 e. The standard InChI is InChI=1S/C25H33ClN4O3S/c1-5-32-15(2)16(3)33-25-28-22-14-21(26)23(29-24(22)30-25)19-8-6-17(7-9-19)18-10-12-20(13-11-18)34(4,27)31/h6-9,14-16,18,20,27H,5,10-13H2,1-4H3,(H,28,29,30)/t15-,16+,18-,20+,34?/m0/s1. The second-order valence-corrected chi connectivity index (χ2v) is 12.1. The highest BCUT2D eigenvalue weighted by atomic mass is 35.5. The van der Waals surface area contributed by atoms with E-state index in [4.69, 9.17) is 30.8 Å². The molecule has 3 aromatic rings. The molecular weight excluding hydrogens is 472 g/mol.